The van der Waals surface area contributed by atoms with Crippen molar-refractivity contribution < 1.29 is 4.74 Å². The Balaban J connectivity index is 3.09. The van der Waals surface area contributed by atoms with Crippen LogP contribution in [0.5, 0.6) is 0 Å². The lowest BCUT2D eigenvalue weighted by molar-refractivity contribution is 0.393. The molecule has 0 unspecified atom stereocenters. The molecule has 0 spiro atoms. The molecule has 4 heteroatoms. The van der Waals surface area contributed by atoms with Crippen molar-refractivity contribution in [1.29, 1.82) is 5.26 Å². The average Bonchev–Trinajstić information content (AvgIpc) is 1.89. The molecule has 0 aromatic carbocycles. The van der Waals surface area contributed by atoms with Crippen LogP contribution in [0, 0.1) is 11.3 Å². The van der Waals surface area contributed by atoms with E-state index >= 15 is 0 Å². The molecule has 50 valence electrons. The highest BCUT2D eigenvalue weighted by atomic mass is 32.1. The summed E-state index contributed by atoms with van der Waals surface area (Å²) in [6, 6.07) is 1.97. The van der Waals surface area contributed by atoms with Gasteiger partial charge in [0.25, 0.3) is 5.17 Å². The van der Waals surface area contributed by atoms with Gasteiger partial charge in [-0.3, -0.25) is 0 Å². The van der Waals surface area contributed by atoms with Gasteiger partial charge in [-0.1, -0.05) is 0 Å². The van der Waals surface area contributed by atoms with Gasteiger partial charge in [0.1, 0.15) is 0 Å². The Hall–Kier alpha value is -0.820. The zero-order valence-electron chi connectivity index (χ0n) is 5.18. The number of methoxy groups -OCH3 is 1. The third kappa shape index (κ3) is 5.04. The van der Waals surface area contributed by atoms with Crippen molar-refractivity contribution in [3.05, 3.63) is 0 Å². The molecule has 9 heavy (non-hydrogen) atoms. The molecule has 0 amide bonds. The zero-order valence-corrected chi connectivity index (χ0v) is 5.99. The van der Waals surface area contributed by atoms with Gasteiger partial charge in [-0.05, 0) is 12.2 Å². The molecule has 0 aromatic rings. The molecule has 0 aliphatic heterocycles. The Morgan fingerprint density at radius 2 is 2.56 bits per heavy atom. The van der Waals surface area contributed by atoms with Gasteiger partial charge in [-0.15, -0.1) is 0 Å². The largest absolute Gasteiger partial charge is 0.474 e. The highest BCUT2D eigenvalue weighted by Gasteiger charge is 1.88. The maximum absolute atomic E-state index is 8.08. The van der Waals surface area contributed by atoms with Crippen LogP contribution in [0.4, 0.5) is 0 Å². The summed E-state index contributed by atoms with van der Waals surface area (Å²) in [6.45, 7) is 0.559. The molecule has 0 aliphatic carbocycles. The predicted molar refractivity (Wildman–Crippen MR) is 37.8 cm³/mol. The second kappa shape index (κ2) is 5.32. The van der Waals surface area contributed by atoms with Crippen LogP contribution in [0.25, 0.3) is 0 Å². The number of rotatable bonds is 2. The van der Waals surface area contributed by atoms with E-state index in [0.717, 1.165) is 0 Å². The van der Waals surface area contributed by atoms with Crippen molar-refractivity contribution in [2.75, 3.05) is 13.7 Å². The van der Waals surface area contributed by atoms with Crippen molar-refractivity contribution in [2.24, 2.45) is 0 Å². The van der Waals surface area contributed by atoms with E-state index in [-0.39, 0.29) is 0 Å². The van der Waals surface area contributed by atoms with Gasteiger partial charge in [-0.25, -0.2) is 0 Å². The minimum absolute atomic E-state index is 0.338. The van der Waals surface area contributed by atoms with Crippen molar-refractivity contribution >= 4 is 17.4 Å². The number of nitriles is 1. The summed E-state index contributed by atoms with van der Waals surface area (Å²) >= 11 is 4.63. The monoisotopic (exact) mass is 144 g/mol. The highest BCUT2D eigenvalue weighted by molar-refractivity contribution is 7.80. The number of nitrogens with zero attached hydrogens (tertiary/aromatic N) is 1. The van der Waals surface area contributed by atoms with E-state index in [0.29, 0.717) is 18.1 Å². The molecule has 0 rings (SSSR count). The van der Waals surface area contributed by atoms with Gasteiger partial charge in [0.05, 0.1) is 19.6 Å². The van der Waals surface area contributed by atoms with Gasteiger partial charge < -0.3 is 10.1 Å². The quantitative estimate of drug-likeness (QED) is 0.450. The number of hydrogen-bond donors (Lipinski definition) is 1. The fraction of sp³-hybridized carbons (Fsp3) is 0.600. The first-order chi connectivity index (χ1) is 4.31. The van der Waals surface area contributed by atoms with Crippen LogP contribution in [0.3, 0.4) is 0 Å². The van der Waals surface area contributed by atoms with E-state index in [1.165, 1.54) is 7.11 Å². The third-order valence-electron chi connectivity index (χ3n) is 0.692. The molecule has 3 nitrogen and oxygen atoms in total. The second-order valence-corrected chi connectivity index (χ2v) is 1.70. The fourth-order valence-corrected chi connectivity index (χ4v) is 0.395. The summed E-state index contributed by atoms with van der Waals surface area (Å²) in [5, 5.41) is 11.1. The normalized spacial score (nSPS) is 7.56. The van der Waals surface area contributed by atoms with Gasteiger partial charge in [-0.2, -0.15) is 5.26 Å². The topological polar surface area (TPSA) is 45.0 Å². The van der Waals surface area contributed by atoms with E-state index in [4.69, 9.17) is 5.26 Å². The average molecular weight is 144 g/mol. The summed E-state index contributed by atoms with van der Waals surface area (Å²) < 4.78 is 4.61. The van der Waals surface area contributed by atoms with Crippen molar-refractivity contribution in [1.82, 2.24) is 5.32 Å². The van der Waals surface area contributed by atoms with Crippen LogP contribution in [-0.2, 0) is 4.74 Å². The van der Waals surface area contributed by atoms with Gasteiger partial charge >= 0.3 is 0 Å². The van der Waals surface area contributed by atoms with Crippen molar-refractivity contribution in [2.45, 2.75) is 6.42 Å². The van der Waals surface area contributed by atoms with Gasteiger partial charge in [0, 0.05) is 6.54 Å². The van der Waals surface area contributed by atoms with Crippen LogP contribution in [0.15, 0.2) is 0 Å². The molecule has 0 aliphatic rings. The predicted octanol–water partition coefficient (Wildman–Crippen LogP) is 0.421. The summed E-state index contributed by atoms with van der Waals surface area (Å²) in [5.74, 6) is 0. The maximum atomic E-state index is 8.08. The molecule has 0 fully saturated rings. The number of nitrogens with one attached hydrogen (secondary N) is 1. The first-order valence-electron chi connectivity index (χ1n) is 2.50. The van der Waals surface area contributed by atoms with Crippen LogP contribution < -0.4 is 5.32 Å². The summed E-state index contributed by atoms with van der Waals surface area (Å²) in [6.07, 6.45) is 0.448. The highest BCUT2D eigenvalue weighted by Crippen LogP contribution is 1.74. The SMILES string of the molecule is COC(=S)NCCC#N. The molecule has 1 N–H and O–H groups in total. The number of thiocarbonyl (C=S) groups is 1. The molecule has 0 saturated heterocycles. The Morgan fingerprint density at radius 1 is 1.89 bits per heavy atom. The molecule has 0 radical (unpaired) electrons. The summed E-state index contributed by atoms with van der Waals surface area (Å²) in [4.78, 5) is 0. The van der Waals surface area contributed by atoms with Crippen LogP contribution in [0.1, 0.15) is 6.42 Å². The Kier molecular flexibility index (Phi) is 4.83. The molecule has 0 atom stereocenters. The second-order valence-electron chi connectivity index (χ2n) is 1.33. The van der Waals surface area contributed by atoms with E-state index in [9.17, 15) is 0 Å². The number of hydrogen-bond acceptors (Lipinski definition) is 3. The summed E-state index contributed by atoms with van der Waals surface area (Å²) in [7, 11) is 1.49. The Morgan fingerprint density at radius 3 is 3.00 bits per heavy atom. The summed E-state index contributed by atoms with van der Waals surface area (Å²) in [5.41, 5.74) is 0. The molecule has 0 bridgehead atoms. The lowest BCUT2D eigenvalue weighted by Gasteiger charge is -2.01. The first-order valence-corrected chi connectivity index (χ1v) is 2.91. The lowest BCUT2D eigenvalue weighted by atomic mass is 10.5. The minimum atomic E-state index is 0.338. The Labute approximate surface area is 59.6 Å². The Bertz CT molecular complexity index is 129. The van der Waals surface area contributed by atoms with Crippen molar-refractivity contribution in [3.63, 3.8) is 0 Å². The molecule has 0 heterocycles. The van der Waals surface area contributed by atoms with Crippen molar-refractivity contribution in [3.8, 4) is 6.07 Å². The molecule has 0 aromatic heterocycles. The van der Waals surface area contributed by atoms with E-state index in [1.54, 1.807) is 0 Å². The molecule has 0 saturated carbocycles. The fourth-order valence-electron chi connectivity index (χ4n) is 0.293. The number of ether oxygens (including phenoxy) is 1. The molecular formula is C5H8N2OS. The first kappa shape index (κ1) is 8.18. The van der Waals surface area contributed by atoms with Crippen LogP contribution in [0.2, 0.25) is 0 Å². The van der Waals surface area contributed by atoms with Crippen LogP contribution >= 0.6 is 12.2 Å². The van der Waals surface area contributed by atoms with Gasteiger partial charge in [0.15, 0.2) is 0 Å². The van der Waals surface area contributed by atoms with Gasteiger partial charge in [0.2, 0.25) is 0 Å². The van der Waals surface area contributed by atoms with Crippen LogP contribution in [-0.4, -0.2) is 18.8 Å². The third-order valence-corrected chi connectivity index (χ3v) is 1.00. The smallest absolute Gasteiger partial charge is 0.256 e. The van der Waals surface area contributed by atoms with E-state index in [1.807, 2.05) is 6.07 Å². The van der Waals surface area contributed by atoms with E-state index in [2.05, 4.69) is 22.3 Å². The lowest BCUT2D eigenvalue weighted by Crippen LogP contribution is -2.23. The van der Waals surface area contributed by atoms with E-state index < -0.39 is 0 Å². The maximum Gasteiger partial charge on any atom is 0.256 e. The minimum Gasteiger partial charge on any atom is -0.474 e. The molecular weight excluding hydrogens is 136 g/mol. The zero-order chi connectivity index (χ0) is 7.11. The standard InChI is InChI=1S/C5H8N2OS/c1-8-5(9)7-4-2-3-6/h2,4H2,1H3,(H,7,9).